The molecule has 1 amide bonds. The summed E-state index contributed by atoms with van der Waals surface area (Å²) >= 11 is 0. The summed E-state index contributed by atoms with van der Waals surface area (Å²) in [6.45, 7) is 3.55. The molecular formula is C23H21N5O3. The van der Waals surface area contributed by atoms with E-state index in [4.69, 9.17) is 10.00 Å². The number of para-hydroxylation sites is 1. The molecule has 2 aromatic carbocycles. The first-order valence-electron chi connectivity index (χ1n) is 9.68. The van der Waals surface area contributed by atoms with Gasteiger partial charge in [0.05, 0.1) is 29.8 Å². The molecule has 0 aliphatic rings. The minimum atomic E-state index is -0.551. The highest BCUT2D eigenvalue weighted by Gasteiger charge is 2.28. The van der Waals surface area contributed by atoms with Gasteiger partial charge in [-0.15, -0.1) is 0 Å². The highest BCUT2D eigenvalue weighted by molar-refractivity contribution is 6.10. The lowest BCUT2D eigenvalue weighted by molar-refractivity contribution is -0.120. The normalized spacial score (nSPS) is 10.9. The lowest BCUT2D eigenvalue weighted by Gasteiger charge is -2.10. The van der Waals surface area contributed by atoms with Crippen molar-refractivity contribution in [3.8, 4) is 23.0 Å². The largest absolute Gasteiger partial charge is 0.462 e. The van der Waals surface area contributed by atoms with Crippen LogP contribution in [0.1, 0.15) is 36.3 Å². The maximum atomic E-state index is 13.0. The molecule has 0 aliphatic carbocycles. The first-order chi connectivity index (χ1) is 15.1. The van der Waals surface area contributed by atoms with Gasteiger partial charge in [-0.25, -0.2) is 14.9 Å². The number of esters is 1. The average molecular weight is 415 g/mol. The zero-order chi connectivity index (χ0) is 22.2. The van der Waals surface area contributed by atoms with Crippen molar-refractivity contribution in [3.63, 3.8) is 0 Å². The Morgan fingerprint density at radius 2 is 1.77 bits per heavy atom. The van der Waals surface area contributed by atoms with E-state index in [1.165, 1.54) is 0 Å². The molecule has 0 unspecified atom stereocenters. The quantitative estimate of drug-likeness (QED) is 0.361. The fourth-order valence-corrected chi connectivity index (χ4v) is 3.00. The number of nitrogens with one attached hydrogen (secondary N) is 1. The number of benzene rings is 2. The van der Waals surface area contributed by atoms with Crippen LogP contribution in [-0.2, 0) is 9.53 Å². The van der Waals surface area contributed by atoms with E-state index in [0.717, 1.165) is 11.3 Å². The molecule has 0 saturated carbocycles. The zero-order valence-electron chi connectivity index (χ0n) is 17.2. The van der Waals surface area contributed by atoms with Gasteiger partial charge >= 0.3 is 5.97 Å². The molecule has 0 aliphatic heterocycles. The Balaban J connectivity index is 2.24. The highest BCUT2D eigenvalue weighted by Crippen LogP contribution is 2.30. The molecule has 1 N–H and O–H groups in total. The number of aromatic nitrogens is 2. The number of hydrazone groups is 1. The average Bonchev–Trinajstić information content (AvgIpc) is 3.20. The van der Waals surface area contributed by atoms with E-state index in [9.17, 15) is 9.59 Å². The van der Waals surface area contributed by atoms with Crippen molar-refractivity contribution in [2.75, 3.05) is 6.61 Å². The van der Waals surface area contributed by atoms with Crippen LogP contribution in [0.25, 0.3) is 16.9 Å². The monoisotopic (exact) mass is 415 g/mol. The van der Waals surface area contributed by atoms with Crippen molar-refractivity contribution < 1.29 is 14.3 Å². The number of nitrogens with zero attached hydrogens (tertiary/aromatic N) is 4. The summed E-state index contributed by atoms with van der Waals surface area (Å²) in [5.41, 5.74) is 5.22. The summed E-state index contributed by atoms with van der Waals surface area (Å²) in [6.07, 6.45) is -0.324. The van der Waals surface area contributed by atoms with Crippen LogP contribution in [0.3, 0.4) is 0 Å². The zero-order valence-corrected chi connectivity index (χ0v) is 17.2. The number of hydrogen-bond donors (Lipinski definition) is 1. The number of nitriles is 1. The van der Waals surface area contributed by atoms with Crippen LogP contribution in [0.2, 0.25) is 0 Å². The molecule has 156 valence electrons. The molecule has 0 radical (unpaired) electrons. The summed E-state index contributed by atoms with van der Waals surface area (Å²) in [4.78, 5) is 24.6. The van der Waals surface area contributed by atoms with Crippen molar-refractivity contribution in [2.24, 2.45) is 5.10 Å². The summed E-state index contributed by atoms with van der Waals surface area (Å²) in [5.74, 6) is -1.10. The van der Waals surface area contributed by atoms with Gasteiger partial charge in [0.1, 0.15) is 17.7 Å². The van der Waals surface area contributed by atoms with Gasteiger partial charge in [-0.2, -0.15) is 15.5 Å². The van der Waals surface area contributed by atoms with Crippen LogP contribution < -0.4 is 5.43 Å². The third-order valence-electron chi connectivity index (χ3n) is 4.34. The van der Waals surface area contributed by atoms with Gasteiger partial charge in [0.2, 0.25) is 0 Å². The Labute approximate surface area is 179 Å². The van der Waals surface area contributed by atoms with E-state index < -0.39 is 11.9 Å². The summed E-state index contributed by atoms with van der Waals surface area (Å²) in [6, 6.07) is 20.5. The number of carbonyl (C=O) groups excluding carboxylic acids is 2. The Morgan fingerprint density at radius 3 is 2.39 bits per heavy atom. The SMILES string of the molecule is CCOC(=O)c1c(/C(C)=N/NC(=O)CC#N)nn(-c2ccccc2)c1-c1ccccc1. The van der Waals surface area contributed by atoms with E-state index in [0.29, 0.717) is 11.4 Å². The topological polar surface area (TPSA) is 109 Å². The van der Waals surface area contributed by atoms with Gasteiger partial charge in [-0.05, 0) is 26.0 Å². The molecule has 0 bridgehead atoms. The number of carbonyl (C=O) groups is 2. The molecule has 0 saturated heterocycles. The Morgan fingerprint density at radius 1 is 1.13 bits per heavy atom. The lowest BCUT2D eigenvalue weighted by atomic mass is 10.0. The van der Waals surface area contributed by atoms with E-state index in [2.05, 4.69) is 15.6 Å². The van der Waals surface area contributed by atoms with Crippen molar-refractivity contribution in [1.82, 2.24) is 15.2 Å². The third-order valence-corrected chi connectivity index (χ3v) is 4.34. The van der Waals surface area contributed by atoms with E-state index in [1.807, 2.05) is 60.7 Å². The predicted molar refractivity (Wildman–Crippen MR) is 116 cm³/mol. The standard InChI is InChI=1S/C23H21N5O3/c1-3-31-23(30)20-21(16(2)25-26-19(29)14-15-24)27-28(18-12-8-5-9-13-18)22(20)17-10-6-4-7-11-17/h4-13H,3,14H2,1-2H3,(H,26,29)/b25-16+. The molecule has 3 rings (SSSR count). The van der Waals surface area contributed by atoms with Gasteiger partial charge in [-0.3, -0.25) is 4.79 Å². The minimum Gasteiger partial charge on any atom is -0.462 e. The fraction of sp³-hybridized carbons (Fsp3) is 0.174. The van der Waals surface area contributed by atoms with Crippen molar-refractivity contribution >= 4 is 17.6 Å². The lowest BCUT2D eigenvalue weighted by Crippen LogP contribution is -2.19. The van der Waals surface area contributed by atoms with Crippen molar-refractivity contribution in [1.29, 1.82) is 5.26 Å². The number of rotatable bonds is 7. The summed E-state index contributed by atoms with van der Waals surface area (Å²) in [5, 5.41) is 17.3. The number of amides is 1. The van der Waals surface area contributed by atoms with Crippen molar-refractivity contribution in [2.45, 2.75) is 20.3 Å². The molecule has 0 fully saturated rings. The maximum Gasteiger partial charge on any atom is 0.342 e. The minimum absolute atomic E-state index is 0.193. The fourth-order valence-electron chi connectivity index (χ4n) is 3.00. The van der Waals surface area contributed by atoms with Crippen LogP contribution in [-0.4, -0.2) is 34.0 Å². The summed E-state index contributed by atoms with van der Waals surface area (Å²) < 4.78 is 6.98. The van der Waals surface area contributed by atoms with E-state index >= 15 is 0 Å². The molecule has 3 aromatic rings. The van der Waals surface area contributed by atoms with E-state index in [1.54, 1.807) is 24.6 Å². The first kappa shape index (κ1) is 21.5. The van der Waals surface area contributed by atoms with Crippen LogP contribution in [0.4, 0.5) is 0 Å². The maximum absolute atomic E-state index is 13.0. The molecule has 0 atom stereocenters. The molecule has 8 heteroatoms. The van der Waals surface area contributed by atoms with Crippen LogP contribution in [0, 0.1) is 11.3 Å². The Kier molecular flexibility index (Phi) is 6.91. The smallest absolute Gasteiger partial charge is 0.342 e. The second kappa shape index (κ2) is 9.98. The molecule has 1 aromatic heterocycles. The number of ether oxygens (including phenoxy) is 1. The van der Waals surface area contributed by atoms with Gasteiger partial charge in [0.15, 0.2) is 0 Å². The molecule has 31 heavy (non-hydrogen) atoms. The second-order valence-corrected chi connectivity index (χ2v) is 6.47. The number of hydrogen-bond acceptors (Lipinski definition) is 6. The Hall–Kier alpha value is -4.25. The van der Waals surface area contributed by atoms with Gasteiger partial charge in [0, 0.05) is 5.56 Å². The van der Waals surface area contributed by atoms with Gasteiger partial charge < -0.3 is 4.74 Å². The predicted octanol–water partition coefficient (Wildman–Crippen LogP) is 3.47. The highest BCUT2D eigenvalue weighted by atomic mass is 16.5. The van der Waals surface area contributed by atoms with Crippen LogP contribution in [0.5, 0.6) is 0 Å². The van der Waals surface area contributed by atoms with Crippen molar-refractivity contribution in [3.05, 3.63) is 71.9 Å². The van der Waals surface area contributed by atoms with Gasteiger partial charge in [0.25, 0.3) is 5.91 Å². The Bertz CT molecular complexity index is 1150. The molecule has 0 spiro atoms. The molecule has 1 heterocycles. The van der Waals surface area contributed by atoms with Crippen LogP contribution >= 0.6 is 0 Å². The first-order valence-corrected chi connectivity index (χ1v) is 9.68. The third kappa shape index (κ3) is 4.85. The van der Waals surface area contributed by atoms with Gasteiger partial charge in [-0.1, -0.05) is 48.5 Å². The second-order valence-electron chi connectivity index (χ2n) is 6.47. The van der Waals surface area contributed by atoms with Crippen LogP contribution in [0.15, 0.2) is 65.8 Å². The molecule has 8 nitrogen and oxygen atoms in total. The summed E-state index contributed by atoms with van der Waals surface area (Å²) in [7, 11) is 0. The van der Waals surface area contributed by atoms with E-state index in [-0.39, 0.29) is 24.3 Å². The molecular weight excluding hydrogens is 394 g/mol.